The molecular formula is C8H9N3O2. The molecule has 68 valence electrons. The van der Waals surface area contributed by atoms with Gasteiger partial charge in [-0.05, 0) is 24.8 Å². The van der Waals surface area contributed by atoms with Crippen molar-refractivity contribution in [3.8, 4) is 0 Å². The molecule has 0 aliphatic heterocycles. The first-order chi connectivity index (χ1) is 6.29. The van der Waals surface area contributed by atoms with Crippen LogP contribution in [-0.2, 0) is 9.59 Å². The highest BCUT2D eigenvalue weighted by atomic mass is 16.2. The number of aromatic nitrogens is 2. The van der Waals surface area contributed by atoms with Crippen LogP contribution in [0.3, 0.4) is 0 Å². The molecule has 13 heavy (non-hydrogen) atoms. The van der Waals surface area contributed by atoms with E-state index in [0.717, 1.165) is 0 Å². The van der Waals surface area contributed by atoms with E-state index in [-0.39, 0.29) is 6.15 Å². The van der Waals surface area contributed by atoms with Crippen molar-refractivity contribution in [1.29, 1.82) is 0 Å². The van der Waals surface area contributed by atoms with Gasteiger partial charge in [0, 0.05) is 5.56 Å². The smallest absolute Gasteiger partial charge is 0.373 e. The van der Waals surface area contributed by atoms with Crippen LogP contribution in [0.1, 0.15) is 24.3 Å². The van der Waals surface area contributed by atoms with Gasteiger partial charge in [-0.25, -0.2) is 0 Å². The number of nitrogen functional groups attached to an aromatic ring is 1. The van der Waals surface area contributed by atoms with Gasteiger partial charge < -0.3 is 5.73 Å². The van der Waals surface area contributed by atoms with Crippen molar-refractivity contribution in [3.05, 3.63) is 17.8 Å². The quantitative estimate of drug-likeness (QED) is 0.672. The Bertz CT molecular complexity index is 317. The van der Waals surface area contributed by atoms with Crippen LogP contribution in [0.2, 0.25) is 0 Å². The highest BCUT2D eigenvalue weighted by Crippen LogP contribution is 2.41. The topological polar surface area (TPSA) is 85.9 Å². The second-order valence-corrected chi connectivity index (χ2v) is 2.73. The lowest BCUT2D eigenvalue weighted by molar-refractivity contribution is -0.191. The summed E-state index contributed by atoms with van der Waals surface area (Å²) in [5.74, 6) is 1.28. The van der Waals surface area contributed by atoms with Gasteiger partial charge >= 0.3 is 6.15 Å². The predicted molar refractivity (Wildman–Crippen MR) is 43.4 cm³/mol. The maximum Gasteiger partial charge on any atom is 0.373 e. The normalized spacial score (nSPS) is 13.8. The lowest BCUT2D eigenvalue weighted by Crippen LogP contribution is -1.96. The summed E-state index contributed by atoms with van der Waals surface area (Å²) in [6.07, 6.45) is 4.47. The van der Waals surface area contributed by atoms with Crippen LogP contribution < -0.4 is 5.73 Å². The third-order valence-electron chi connectivity index (χ3n) is 1.80. The van der Waals surface area contributed by atoms with Crippen LogP contribution in [0.15, 0.2) is 12.3 Å². The van der Waals surface area contributed by atoms with Gasteiger partial charge in [-0.15, -0.1) is 5.10 Å². The molecule has 1 aliphatic rings. The zero-order valence-corrected chi connectivity index (χ0v) is 6.93. The van der Waals surface area contributed by atoms with Crippen LogP contribution in [0, 0.1) is 0 Å². The molecule has 0 aromatic carbocycles. The monoisotopic (exact) mass is 179 g/mol. The van der Waals surface area contributed by atoms with Crippen LogP contribution in [0.4, 0.5) is 5.82 Å². The summed E-state index contributed by atoms with van der Waals surface area (Å²) in [5, 5.41) is 7.45. The van der Waals surface area contributed by atoms with Crippen molar-refractivity contribution in [2.75, 3.05) is 5.73 Å². The van der Waals surface area contributed by atoms with E-state index >= 15 is 0 Å². The Hall–Kier alpha value is -1.74. The Morgan fingerprint density at radius 3 is 2.54 bits per heavy atom. The molecule has 5 nitrogen and oxygen atoms in total. The van der Waals surface area contributed by atoms with E-state index in [1.54, 1.807) is 6.20 Å². The van der Waals surface area contributed by atoms with E-state index in [0.29, 0.717) is 11.7 Å². The summed E-state index contributed by atoms with van der Waals surface area (Å²) in [7, 11) is 0. The Morgan fingerprint density at radius 1 is 1.46 bits per heavy atom. The second-order valence-electron chi connectivity index (χ2n) is 2.73. The van der Waals surface area contributed by atoms with Gasteiger partial charge in [0.15, 0.2) is 0 Å². The first-order valence-corrected chi connectivity index (χ1v) is 3.86. The van der Waals surface area contributed by atoms with E-state index in [1.807, 2.05) is 6.07 Å². The van der Waals surface area contributed by atoms with Gasteiger partial charge in [-0.1, -0.05) is 0 Å². The molecule has 5 heteroatoms. The minimum absolute atomic E-state index is 0.250. The Kier molecular flexibility index (Phi) is 3.11. The lowest BCUT2D eigenvalue weighted by atomic mass is 10.2. The third kappa shape index (κ3) is 2.65. The van der Waals surface area contributed by atoms with E-state index in [2.05, 4.69) is 10.2 Å². The fourth-order valence-corrected chi connectivity index (χ4v) is 1.09. The maximum absolute atomic E-state index is 8.12. The average molecular weight is 179 g/mol. The van der Waals surface area contributed by atoms with E-state index in [1.165, 1.54) is 18.4 Å². The van der Waals surface area contributed by atoms with Crippen molar-refractivity contribution in [2.45, 2.75) is 18.8 Å². The minimum Gasteiger partial charge on any atom is -0.382 e. The van der Waals surface area contributed by atoms with Crippen LogP contribution in [-0.4, -0.2) is 16.3 Å². The zero-order chi connectivity index (χ0) is 9.68. The summed E-state index contributed by atoms with van der Waals surface area (Å²) in [4.78, 5) is 16.2. The number of hydrogen-bond acceptors (Lipinski definition) is 5. The molecule has 1 heterocycles. The third-order valence-corrected chi connectivity index (χ3v) is 1.80. The fourth-order valence-electron chi connectivity index (χ4n) is 1.09. The first kappa shape index (κ1) is 9.35. The summed E-state index contributed by atoms with van der Waals surface area (Å²) in [6.45, 7) is 0. The highest BCUT2D eigenvalue weighted by molar-refractivity contribution is 5.41. The molecule has 0 bridgehead atoms. The van der Waals surface area contributed by atoms with Gasteiger partial charge in [0.25, 0.3) is 0 Å². The SMILES string of the molecule is Nc1nnccc1C1CC1.O=C=O. The molecule has 1 aromatic heterocycles. The predicted octanol–water partition coefficient (Wildman–Crippen LogP) is 0.353. The standard InChI is InChI=1S/C7H9N3.CO2/c8-7-6(5-1-2-5)3-4-9-10-7;2-1-3/h3-5H,1-2H2,(H2,8,10);. The van der Waals surface area contributed by atoms with Crippen LogP contribution in [0.25, 0.3) is 0 Å². The van der Waals surface area contributed by atoms with Crippen LogP contribution in [0.5, 0.6) is 0 Å². The van der Waals surface area contributed by atoms with Crippen molar-refractivity contribution in [1.82, 2.24) is 10.2 Å². The van der Waals surface area contributed by atoms with Crippen molar-refractivity contribution < 1.29 is 9.59 Å². The molecule has 0 spiro atoms. The molecule has 0 amide bonds. The van der Waals surface area contributed by atoms with Gasteiger partial charge in [0.2, 0.25) is 0 Å². The number of anilines is 1. The Morgan fingerprint density at radius 2 is 2.08 bits per heavy atom. The molecule has 1 aliphatic carbocycles. The van der Waals surface area contributed by atoms with E-state index in [9.17, 15) is 0 Å². The molecule has 1 fully saturated rings. The molecule has 1 aromatic rings. The molecule has 2 rings (SSSR count). The molecule has 0 atom stereocenters. The number of nitrogens with two attached hydrogens (primary N) is 1. The van der Waals surface area contributed by atoms with Gasteiger partial charge in [-0.2, -0.15) is 14.7 Å². The number of rotatable bonds is 1. The lowest BCUT2D eigenvalue weighted by Gasteiger charge is -1.97. The van der Waals surface area contributed by atoms with Gasteiger partial charge in [-0.3, -0.25) is 0 Å². The molecule has 0 unspecified atom stereocenters. The summed E-state index contributed by atoms with van der Waals surface area (Å²) in [6, 6.07) is 1.96. The minimum atomic E-state index is 0.250. The second kappa shape index (κ2) is 4.33. The molecule has 0 saturated heterocycles. The number of hydrogen-bond donors (Lipinski definition) is 1. The molecule has 0 radical (unpaired) electrons. The Balaban J connectivity index is 0.000000251. The van der Waals surface area contributed by atoms with E-state index in [4.69, 9.17) is 15.3 Å². The van der Waals surface area contributed by atoms with Gasteiger partial charge in [0.05, 0.1) is 6.20 Å². The van der Waals surface area contributed by atoms with Crippen molar-refractivity contribution in [3.63, 3.8) is 0 Å². The molecule has 1 saturated carbocycles. The van der Waals surface area contributed by atoms with Crippen LogP contribution >= 0.6 is 0 Å². The Labute approximate surface area is 75.0 Å². The number of nitrogens with zero attached hydrogens (tertiary/aromatic N) is 2. The summed E-state index contributed by atoms with van der Waals surface area (Å²) < 4.78 is 0. The molecule has 2 N–H and O–H groups in total. The summed E-state index contributed by atoms with van der Waals surface area (Å²) in [5.41, 5.74) is 6.76. The number of carbonyl (C=O) groups excluding carboxylic acids is 2. The zero-order valence-electron chi connectivity index (χ0n) is 6.93. The highest BCUT2D eigenvalue weighted by Gasteiger charge is 2.25. The summed E-state index contributed by atoms with van der Waals surface area (Å²) >= 11 is 0. The fraction of sp³-hybridized carbons (Fsp3) is 0.375. The van der Waals surface area contributed by atoms with Crippen molar-refractivity contribution >= 4 is 12.0 Å². The van der Waals surface area contributed by atoms with E-state index < -0.39 is 0 Å². The molecular weight excluding hydrogens is 170 g/mol. The van der Waals surface area contributed by atoms with Gasteiger partial charge in [0.1, 0.15) is 5.82 Å². The maximum atomic E-state index is 8.12. The first-order valence-electron chi connectivity index (χ1n) is 3.86. The van der Waals surface area contributed by atoms with Crippen molar-refractivity contribution in [2.24, 2.45) is 0 Å². The average Bonchev–Trinajstić information content (AvgIpc) is 2.89. The largest absolute Gasteiger partial charge is 0.382 e.